The molecule has 0 N–H and O–H groups in total. The highest BCUT2D eigenvalue weighted by Crippen LogP contribution is 2.34. The Hall–Kier alpha value is -2.01. The molecule has 0 radical (unpaired) electrons. The van der Waals surface area contributed by atoms with Crippen molar-refractivity contribution in [1.82, 2.24) is 4.90 Å². The maximum absolute atomic E-state index is 11.9. The quantitative estimate of drug-likeness (QED) is 0.590. The van der Waals surface area contributed by atoms with E-state index in [0.29, 0.717) is 35.4 Å². The van der Waals surface area contributed by atoms with Gasteiger partial charge in [0.05, 0.1) is 5.56 Å². The SMILES string of the molecule is CCc1cc(=O)oc2c3c(ccc12)OCN(Cc1ccc(Cl)cc1Cl)C3. The smallest absolute Gasteiger partial charge is 0.336 e. The van der Waals surface area contributed by atoms with Gasteiger partial charge in [0, 0.05) is 34.6 Å². The van der Waals surface area contributed by atoms with Gasteiger partial charge in [0.25, 0.3) is 0 Å². The van der Waals surface area contributed by atoms with Crippen LogP contribution in [0.5, 0.6) is 5.75 Å². The van der Waals surface area contributed by atoms with Crippen molar-refractivity contribution >= 4 is 34.2 Å². The van der Waals surface area contributed by atoms with Crippen LogP contribution < -0.4 is 10.4 Å². The molecule has 0 bridgehead atoms. The summed E-state index contributed by atoms with van der Waals surface area (Å²) in [5, 5.41) is 2.20. The van der Waals surface area contributed by atoms with Crippen molar-refractivity contribution in [2.75, 3.05) is 6.73 Å². The normalized spacial score (nSPS) is 14.3. The number of benzene rings is 2. The lowest BCUT2D eigenvalue weighted by Gasteiger charge is -2.29. The van der Waals surface area contributed by atoms with E-state index < -0.39 is 0 Å². The Labute approximate surface area is 160 Å². The van der Waals surface area contributed by atoms with Crippen molar-refractivity contribution in [3.63, 3.8) is 0 Å². The predicted molar refractivity (Wildman–Crippen MR) is 103 cm³/mol. The van der Waals surface area contributed by atoms with Crippen LogP contribution in [0.3, 0.4) is 0 Å². The monoisotopic (exact) mass is 389 g/mol. The molecule has 0 amide bonds. The first-order valence-electron chi connectivity index (χ1n) is 8.43. The molecule has 26 heavy (non-hydrogen) atoms. The summed E-state index contributed by atoms with van der Waals surface area (Å²) < 4.78 is 11.4. The van der Waals surface area contributed by atoms with E-state index in [9.17, 15) is 4.79 Å². The summed E-state index contributed by atoms with van der Waals surface area (Å²) in [7, 11) is 0. The van der Waals surface area contributed by atoms with Gasteiger partial charge in [-0.3, -0.25) is 4.90 Å². The Morgan fingerprint density at radius 1 is 1.12 bits per heavy atom. The molecule has 1 aliphatic rings. The minimum absolute atomic E-state index is 0.333. The van der Waals surface area contributed by atoms with Gasteiger partial charge in [-0.15, -0.1) is 0 Å². The average molecular weight is 390 g/mol. The summed E-state index contributed by atoms with van der Waals surface area (Å²) in [5.74, 6) is 0.757. The second kappa shape index (κ2) is 6.95. The number of hydrogen-bond donors (Lipinski definition) is 0. The predicted octanol–water partition coefficient (Wildman–Crippen LogP) is 5.01. The third-order valence-corrected chi connectivity index (χ3v) is 5.22. The average Bonchev–Trinajstić information content (AvgIpc) is 2.63. The third kappa shape index (κ3) is 3.20. The molecule has 0 spiro atoms. The van der Waals surface area contributed by atoms with Crippen LogP contribution in [0.1, 0.15) is 23.6 Å². The maximum Gasteiger partial charge on any atom is 0.336 e. The van der Waals surface area contributed by atoms with Crippen molar-refractivity contribution in [2.45, 2.75) is 26.4 Å². The van der Waals surface area contributed by atoms with E-state index in [4.69, 9.17) is 32.4 Å². The van der Waals surface area contributed by atoms with Crippen molar-refractivity contribution in [2.24, 2.45) is 0 Å². The Morgan fingerprint density at radius 3 is 2.73 bits per heavy atom. The zero-order valence-electron chi connectivity index (χ0n) is 14.2. The Morgan fingerprint density at radius 2 is 1.96 bits per heavy atom. The molecule has 134 valence electrons. The van der Waals surface area contributed by atoms with Crippen molar-refractivity contribution in [1.29, 1.82) is 0 Å². The standard InChI is InChI=1S/C20H17Cl2NO3/c1-2-12-7-19(24)26-20-15(12)5-6-18-16(20)10-23(11-25-18)9-13-3-4-14(21)8-17(13)22/h3-8H,2,9-11H2,1H3. The number of nitrogens with zero attached hydrogens (tertiary/aromatic N) is 1. The molecule has 0 atom stereocenters. The van der Waals surface area contributed by atoms with Gasteiger partial charge in [-0.25, -0.2) is 4.79 Å². The van der Waals surface area contributed by atoms with Gasteiger partial charge in [0.2, 0.25) is 0 Å². The highest BCUT2D eigenvalue weighted by molar-refractivity contribution is 6.35. The van der Waals surface area contributed by atoms with Gasteiger partial charge in [-0.2, -0.15) is 0 Å². The largest absolute Gasteiger partial charge is 0.478 e. The number of aryl methyl sites for hydroxylation is 1. The molecule has 3 aromatic rings. The maximum atomic E-state index is 11.9. The number of rotatable bonds is 3. The third-order valence-electron chi connectivity index (χ3n) is 4.63. The second-order valence-corrected chi connectivity index (χ2v) is 7.20. The fraction of sp³-hybridized carbons (Fsp3) is 0.250. The van der Waals surface area contributed by atoms with Crippen LogP contribution in [0.2, 0.25) is 10.0 Å². The van der Waals surface area contributed by atoms with Crippen LogP contribution in [0.15, 0.2) is 45.6 Å². The van der Waals surface area contributed by atoms with Crippen LogP contribution >= 0.6 is 23.2 Å². The van der Waals surface area contributed by atoms with Crippen LogP contribution in [0.25, 0.3) is 11.0 Å². The lowest BCUT2D eigenvalue weighted by atomic mass is 10.0. The molecule has 0 aliphatic carbocycles. The lowest BCUT2D eigenvalue weighted by Crippen LogP contribution is -2.31. The van der Waals surface area contributed by atoms with Crippen molar-refractivity contribution in [3.8, 4) is 5.75 Å². The molecular formula is C20H17Cl2NO3. The van der Waals surface area contributed by atoms with Crippen LogP contribution in [0.4, 0.5) is 0 Å². The van der Waals surface area contributed by atoms with Crippen molar-refractivity contribution in [3.05, 3.63) is 73.6 Å². The summed E-state index contributed by atoms with van der Waals surface area (Å²) in [5.41, 5.74) is 3.13. The second-order valence-electron chi connectivity index (χ2n) is 6.36. The number of ether oxygens (including phenoxy) is 1. The molecule has 0 fully saturated rings. The van der Waals surface area contributed by atoms with Crippen LogP contribution in [-0.4, -0.2) is 11.6 Å². The zero-order chi connectivity index (χ0) is 18.3. The van der Waals surface area contributed by atoms with Gasteiger partial charge in [0.1, 0.15) is 18.1 Å². The molecule has 1 aromatic heterocycles. The molecule has 4 nitrogen and oxygen atoms in total. The molecule has 0 saturated carbocycles. The first kappa shape index (κ1) is 17.4. The molecule has 0 unspecified atom stereocenters. The van der Waals surface area contributed by atoms with Gasteiger partial charge >= 0.3 is 5.63 Å². The molecule has 2 aromatic carbocycles. The summed E-state index contributed by atoms with van der Waals surface area (Å²) in [4.78, 5) is 14.1. The fourth-order valence-corrected chi connectivity index (χ4v) is 3.80. The molecular weight excluding hydrogens is 373 g/mol. The Bertz CT molecular complexity index is 1050. The number of hydrogen-bond acceptors (Lipinski definition) is 4. The minimum atomic E-state index is -0.333. The minimum Gasteiger partial charge on any atom is -0.478 e. The van der Waals surface area contributed by atoms with Gasteiger partial charge < -0.3 is 9.15 Å². The first-order chi connectivity index (χ1) is 12.5. The van der Waals surface area contributed by atoms with Gasteiger partial charge in [-0.05, 0) is 41.8 Å². The zero-order valence-corrected chi connectivity index (χ0v) is 15.7. The van der Waals surface area contributed by atoms with Crippen LogP contribution in [0, 0.1) is 0 Å². The molecule has 2 heterocycles. The van der Waals surface area contributed by atoms with Crippen molar-refractivity contribution < 1.29 is 9.15 Å². The molecule has 0 saturated heterocycles. The van der Waals surface area contributed by atoms with E-state index >= 15 is 0 Å². The fourth-order valence-electron chi connectivity index (χ4n) is 3.33. The van der Waals surface area contributed by atoms with E-state index in [2.05, 4.69) is 4.90 Å². The Kier molecular flexibility index (Phi) is 4.65. The highest BCUT2D eigenvalue weighted by atomic mass is 35.5. The van der Waals surface area contributed by atoms with E-state index in [-0.39, 0.29) is 5.63 Å². The number of fused-ring (bicyclic) bond motifs is 3. The van der Waals surface area contributed by atoms with E-state index in [0.717, 1.165) is 34.2 Å². The Balaban J connectivity index is 1.71. The molecule has 1 aliphatic heterocycles. The summed E-state index contributed by atoms with van der Waals surface area (Å²) in [6, 6.07) is 10.9. The summed E-state index contributed by atoms with van der Waals surface area (Å²) in [6.45, 7) is 3.69. The van der Waals surface area contributed by atoms with E-state index in [1.54, 1.807) is 12.1 Å². The summed E-state index contributed by atoms with van der Waals surface area (Å²) >= 11 is 12.3. The molecule has 6 heteroatoms. The first-order valence-corrected chi connectivity index (χ1v) is 9.18. The lowest BCUT2D eigenvalue weighted by molar-refractivity contribution is 0.0890. The molecule has 4 rings (SSSR count). The van der Waals surface area contributed by atoms with Gasteiger partial charge in [-0.1, -0.05) is 36.2 Å². The summed E-state index contributed by atoms with van der Waals surface area (Å²) in [6.07, 6.45) is 0.770. The van der Waals surface area contributed by atoms with E-state index in [1.165, 1.54) is 0 Å². The van der Waals surface area contributed by atoms with Gasteiger partial charge in [0.15, 0.2) is 0 Å². The number of halogens is 2. The topological polar surface area (TPSA) is 42.7 Å². The highest BCUT2D eigenvalue weighted by Gasteiger charge is 2.23. The van der Waals surface area contributed by atoms with E-state index in [1.807, 2.05) is 31.2 Å². The van der Waals surface area contributed by atoms with Crippen LogP contribution in [-0.2, 0) is 19.5 Å².